The van der Waals surface area contributed by atoms with E-state index in [9.17, 15) is 0 Å². The van der Waals surface area contributed by atoms with Gasteiger partial charge in [0.1, 0.15) is 5.75 Å². The van der Waals surface area contributed by atoms with Gasteiger partial charge in [0.25, 0.3) is 0 Å². The summed E-state index contributed by atoms with van der Waals surface area (Å²) in [7, 11) is 1.76. The fourth-order valence-corrected chi connectivity index (χ4v) is 2.28. The van der Waals surface area contributed by atoms with Gasteiger partial charge in [0.2, 0.25) is 0 Å². The van der Waals surface area contributed by atoms with Crippen LogP contribution in [0.25, 0.3) is 0 Å². The largest absolute Gasteiger partial charge is 0.491 e. The van der Waals surface area contributed by atoms with Gasteiger partial charge in [0.15, 0.2) is 0 Å². The molecule has 0 fully saturated rings. The number of nitrogens with one attached hydrogen (secondary N) is 1. The molecule has 0 saturated carbocycles. The minimum absolute atomic E-state index is 0.110. The summed E-state index contributed by atoms with van der Waals surface area (Å²) in [4.78, 5) is 0. The zero-order chi connectivity index (χ0) is 15.3. The van der Waals surface area contributed by atoms with Crippen LogP contribution in [0.2, 0.25) is 0 Å². The molecule has 0 spiro atoms. The lowest BCUT2D eigenvalue weighted by Gasteiger charge is -2.28. The van der Waals surface area contributed by atoms with E-state index >= 15 is 0 Å². The number of anilines is 1. The standard InChI is InChI=1S/C17H29NO2/c1-12(2)20-15-8-9-16(13(3)10-15)18-14(4)11-17(5,6)19-7/h8-10,12,14,18H,11H2,1-7H3. The number of aryl methyl sites for hydroxylation is 1. The first kappa shape index (κ1) is 16.8. The van der Waals surface area contributed by atoms with Crippen LogP contribution in [0, 0.1) is 6.92 Å². The van der Waals surface area contributed by atoms with Crippen LogP contribution in [-0.2, 0) is 4.74 Å². The highest BCUT2D eigenvalue weighted by Crippen LogP contribution is 2.24. The number of ether oxygens (including phenoxy) is 2. The van der Waals surface area contributed by atoms with E-state index in [1.165, 1.54) is 5.56 Å². The van der Waals surface area contributed by atoms with E-state index in [1.54, 1.807) is 7.11 Å². The molecule has 0 aliphatic heterocycles. The van der Waals surface area contributed by atoms with Crippen molar-refractivity contribution in [2.75, 3.05) is 12.4 Å². The van der Waals surface area contributed by atoms with Gasteiger partial charge in [-0.05, 0) is 71.7 Å². The van der Waals surface area contributed by atoms with E-state index in [-0.39, 0.29) is 11.7 Å². The summed E-state index contributed by atoms with van der Waals surface area (Å²) in [5.41, 5.74) is 2.24. The van der Waals surface area contributed by atoms with E-state index in [1.807, 2.05) is 19.9 Å². The molecule has 114 valence electrons. The van der Waals surface area contributed by atoms with Crippen LogP contribution in [0.3, 0.4) is 0 Å². The maximum atomic E-state index is 5.71. The molecular weight excluding hydrogens is 250 g/mol. The van der Waals surface area contributed by atoms with Crippen LogP contribution >= 0.6 is 0 Å². The summed E-state index contributed by atoms with van der Waals surface area (Å²) in [5.74, 6) is 0.924. The van der Waals surface area contributed by atoms with Gasteiger partial charge in [-0.2, -0.15) is 0 Å². The lowest BCUT2D eigenvalue weighted by Crippen LogP contribution is -2.31. The van der Waals surface area contributed by atoms with Gasteiger partial charge < -0.3 is 14.8 Å². The maximum Gasteiger partial charge on any atom is 0.120 e. The highest BCUT2D eigenvalue weighted by Gasteiger charge is 2.20. The number of methoxy groups -OCH3 is 1. The molecule has 1 aromatic carbocycles. The third-order valence-corrected chi connectivity index (χ3v) is 3.32. The number of rotatable bonds is 7. The second kappa shape index (κ2) is 6.98. The van der Waals surface area contributed by atoms with Crippen molar-refractivity contribution in [1.82, 2.24) is 0 Å². The van der Waals surface area contributed by atoms with Crippen molar-refractivity contribution in [3.05, 3.63) is 23.8 Å². The van der Waals surface area contributed by atoms with Crippen molar-refractivity contribution < 1.29 is 9.47 Å². The number of hydrogen-bond acceptors (Lipinski definition) is 3. The van der Waals surface area contributed by atoms with Gasteiger partial charge in [0.05, 0.1) is 11.7 Å². The molecule has 0 heterocycles. The van der Waals surface area contributed by atoms with E-state index in [0.717, 1.165) is 17.9 Å². The van der Waals surface area contributed by atoms with Gasteiger partial charge in [-0.25, -0.2) is 0 Å². The van der Waals surface area contributed by atoms with E-state index in [4.69, 9.17) is 9.47 Å². The highest BCUT2D eigenvalue weighted by molar-refractivity contribution is 5.54. The second-order valence-corrected chi connectivity index (χ2v) is 6.36. The molecule has 1 unspecified atom stereocenters. The summed E-state index contributed by atoms with van der Waals surface area (Å²) >= 11 is 0. The normalized spacial score (nSPS) is 13.4. The Kier molecular flexibility index (Phi) is 5.88. The maximum absolute atomic E-state index is 5.71. The molecule has 0 saturated heterocycles. The average molecular weight is 279 g/mol. The topological polar surface area (TPSA) is 30.5 Å². The Morgan fingerprint density at radius 2 is 1.85 bits per heavy atom. The molecule has 3 heteroatoms. The predicted molar refractivity (Wildman–Crippen MR) is 85.7 cm³/mol. The van der Waals surface area contributed by atoms with E-state index in [0.29, 0.717) is 6.04 Å². The molecule has 1 rings (SSSR count). The summed E-state index contributed by atoms with van der Waals surface area (Å²) in [6, 6.07) is 6.53. The molecular formula is C17H29NO2. The van der Waals surface area contributed by atoms with Gasteiger partial charge in [-0.15, -0.1) is 0 Å². The third kappa shape index (κ3) is 5.41. The van der Waals surface area contributed by atoms with Crippen LogP contribution in [-0.4, -0.2) is 24.9 Å². The summed E-state index contributed by atoms with van der Waals surface area (Å²) in [6.07, 6.45) is 1.15. The Labute approximate surface area is 123 Å². The molecule has 1 N–H and O–H groups in total. The predicted octanol–water partition coefficient (Wildman–Crippen LogP) is 4.40. The van der Waals surface area contributed by atoms with Gasteiger partial charge in [-0.3, -0.25) is 0 Å². The Morgan fingerprint density at radius 3 is 2.35 bits per heavy atom. The lowest BCUT2D eigenvalue weighted by molar-refractivity contribution is 0.0128. The number of benzene rings is 1. The first-order valence-electron chi connectivity index (χ1n) is 7.32. The Morgan fingerprint density at radius 1 is 1.20 bits per heavy atom. The minimum atomic E-state index is -0.110. The lowest BCUT2D eigenvalue weighted by atomic mass is 9.99. The fraction of sp³-hybridized carbons (Fsp3) is 0.647. The van der Waals surface area contributed by atoms with Gasteiger partial charge >= 0.3 is 0 Å². The molecule has 0 aromatic heterocycles. The first-order chi connectivity index (χ1) is 9.23. The molecule has 0 amide bonds. The SMILES string of the molecule is COC(C)(C)CC(C)Nc1ccc(OC(C)C)cc1C. The zero-order valence-corrected chi connectivity index (χ0v) is 13.9. The monoisotopic (exact) mass is 279 g/mol. The Bertz CT molecular complexity index is 427. The van der Waals surface area contributed by atoms with Crippen LogP contribution in [0.1, 0.15) is 46.6 Å². The molecule has 1 atom stereocenters. The summed E-state index contributed by atoms with van der Waals surface area (Å²) < 4.78 is 11.2. The molecule has 0 aliphatic carbocycles. The van der Waals surface area contributed by atoms with Crippen LogP contribution < -0.4 is 10.1 Å². The number of hydrogen-bond donors (Lipinski definition) is 1. The molecule has 0 aliphatic rings. The van der Waals surface area contributed by atoms with E-state index in [2.05, 4.69) is 45.1 Å². The average Bonchev–Trinajstić information content (AvgIpc) is 2.31. The quantitative estimate of drug-likeness (QED) is 0.802. The van der Waals surface area contributed by atoms with Crippen molar-refractivity contribution in [2.24, 2.45) is 0 Å². The van der Waals surface area contributed by atoms with Crippen molar-refractivity contribution in [3.8, 4) is 5.75 Å². The van der Waals surface area contributed by atoms with Gasteiger partial charge in [0, 0.05) is 18.8 Å². The van der Waals surface area contributed by atoms with Crippen molar-refractivity contribution >= 4 is 5.69 Å². The molecule has 0 bridgehead atoms. The summed E-state index contributed by atoms with van der Waals surface area (Å²) in [5, 5.41) is 3.55. The van der Waals surface area contributed by atoms with Crippen LogP contribution in [0.5, 0.6) is 5.75 Å². The van der Waals surface area contributed by atoms with Gasteiger partial charge in [-0.1, -0.05) is 0 Å². The minimum Gasteiger partial charge on any atom is -0.491 e. The zero-order valence-electron chi connectivity index (χ0n) is 13.9. The van der Waals surface area contributed by atoms with Crippen LogP contribution in [0.15, 0.2) is 18.2 Å². The van der Waals surface area contributed by atoms with Crippen molar-refractivity contribution in [1.29, 1.82) is 0 Å². The second-order valence-electron chi connectivity index (χ2n) is 6.36. The van der Waals surface area contributed by atoms with Crippen LogP contribution in [0.4, 0.5) is 5.69 Å². The highest BCUT2D eigenvalue weighted by atomic mass is 16.5. The third-order valence-electron chi connectivity index (χ3n) is 3.32. The fourth-order valence-electron chi connectivity index (χ4n) is 2.28. The van der Waals surface area contributed by atoms with Crippen molar-refractivity contribution in [2.45, 2.75) is 65.7 Å². The first-order valence-corrected chi connectivity index (χ1v) is 7.32. The molecule has 1 aromatic rings. The molecule has 3 nitrogen and oxygen atoms in total. The summed E-state index contributed by atoms with van der Waals surface area (Å²) in [6.45, 7) is 12.6. The van der Waals surface area contributed by atoms with Crippen molar-refractivity contribution in [3.63, 3.8) is 0 Å². The molecule has 20 heavy (non-hydrogen) atoms. The smallest absolute Gasteiger partial charge is 0.120 e. The Balaban J connectivity index is 2.68. The van der Waals surface area contributed by atoms with E-state index < -0.39 is 0 Å². The molecule has 0 radical (unpaired) electrons. The Hall–Kier alpha value is -1.22.